The molecule has 0 aliphatic rings. The Bertz CT molecular complexity index is 81.3. The summed E-state index contributed by atoms with van der Waals surface area (Å²) in [4.78, 5) is 21.6. The Morgan fingerprint density at radius 3 is 1.22 bits per heavy atom. The molecule has 0 aromatic heterocycles. The number of rotatable bonds is 0. The third-order valence-electron chi connectivity index (χ3n) is 0. The van der Waals surface area contributed by atoms with Crippen molar-refractivity contribution in [2.45, 2.75) is 0 Å². The standard InChI is InChI=1S/Ba.Ca.ClH.H3O4P.Sr.6H/c;;;1-5(2,3)4;;;;;;;/h;;1H;(H3,1,2,3,4);;;;;;;/q2*+2;;;+2;6*-1. The van der Waals surface area contributed by atoms with Gasteiger partial charge in [-0.05, 0) is 0 Å². The van der Waals surface area contributed by atoms with E-state index in [1.807, 2.05) is 0 Å². The third kappa shape index (κ3) is 65.7. The number of hydrogen-bond acceptors (Lipinski definition) is 1. The van der Waals surface area contributed by atoms with Gasteiger partial charge in [0.25, 0.3) is 0 Å². The van der Waals surface area contributed by atoms with Crippen LogP contribution in [0.1, 0.15) is 8.56 Å². The van der Waals surface area contributed by atoms with Crippen molar-refractivity contribution < 1.29 is 27.8 Å². The van der Waals surface area contributed by atoms with Gasteiger partial charge in [0.1, 0.15) is 0 Å². The zero-order valence-corrected chi connectivity index (χ0v) is 16.6. The van der Waals surface area contributed by atoms with E-state index in [1.54, 1.807) is 0 Å². The summed E-state index contributed by atoms with van der Waals surface area (Å²) in [5.41, 5.74) is 0. The molecule has 0 aromatic rings. The van der Waals surface area contributed by atoms with Crippen molar-refractivity contribution >= 4 is 152 Å². The van der Waals surface area contributed by atoms with Gasteiger partial charge in [0.05, 0.1) is 0 Å². The van der Waals surface area contributed by atoms with Crippen molar-refractivity contribution in [1.29, 1.82) is 0 Å². The molecule has 9 heteroatoms. The first-order valence-electron chi connectivity index (χ1n) is 0.783. The van der Waals surface area contributed by atoms with Crippen LogP contribution in [0.4, 0.5) is 0 Å². The van der Waals surface area contributed by atoms with Crippen LogP contribution in [0.5, 0.6) is 0 Å². The number of halogens is 1. The van der Waals surface area contributed by atoms with Crippen LogP contribution >= 0.6 is 20.2 Å². The molecule has 0 unspecified atom stereocenters. The molecule has 0 heterocycles. The second-order valence-corrected chi connectivity index (χ2v) is 1.54. The van der Waals surface area contributed by atoms with E-state index in [0.29, 0.717) is 0 Å². The van der Waals surface area contributed by atoms with Crippen molar-refractivity contribution in [2.24, 2.45) is 0 Å². The zero-order chi connectivity index (χ0) is 4.50. The minimum absolute atomic E-state index is 0. The van der Waals surface area contributed by atoms with Gasteiger partial charge >= 0.3 is 140 Å². The Morgan fingerprint density at radius 1 is 1.22 bits per heavy atom. The molecule has 4 nitrogen and oxygen atoms in total. The molecule has 0 amide bonds. The second-order valence-electron chi connectivity index (χ2n) is 0.513. The summed E-state index contributed by atoms with van der Waals surface area (Å²) in [6, 6.07) is 0. The predicted molar refractivity (Wildman–Crippen MR) is 45.4 cm³/mol. The molecular formula is H10BaCaClO4PSr. The van der Waals surface area contributed by atoms with E-state index >= 15 is 0 Å². The molecule has 0 radical (unpaired) electrons. The van der Waals surface area contributed by atoms with Gasteiger partial charge in [0.15, 0.2) is 0 Å². The SMILES string of the molecule is Cl.O=P(O)(O)O.[Ba+2].[Ca+2].[H-].[H-].[H-].[H-].[H-].[H-].[Sr+2]. The van der Waals surface area contributed by atoms with Gasteiger partial charge in [-0.2, -0.15) is 0 Å². The van der Waals surface area contributed by atoms with Crippen LogP contribution in [0.25, 0.3) is 0 Å². The van der Waals surface area contributed by atoms with Gasteiger partial charge in [-0.1, -0.05) is 0 Å². The minimum atomic E-state index is -4.64. The Morgan fingerprint density at radius 2 is 1.22 bits per heavy atom. The Kier molecular flexibility index (Phi) is 49.3. The molecule has 52 valence electrons. The van der Waals surface area contributed by atoms with E-state index in [2.05, 4.69) is 0 Å². The molecule has 0 saturated heterocycles. The molecule has 0 bridgehead atoms. The Hall–Kier alpha value is 4.71. The van der Waals surface area contributed by atoms with Gasteiger partial charge < -0.3 is 23.2 Å². The normalized spacial score (nSPS) is 6.56. The molecule has 0 saturated carbocycles. The van der Waals surface area contributed by atoms with Crippen LogP contribution in [0.15, 0.2) is 0 Å². The van der Waals surface area contributed by atoms with Crippen molar-refractivity contribution in [3.63, 3.8) is 0 Å². The fourth-order valence-corrected chi connectivity index (χ4v) is 0. The van der Waals surface area contributed by atoms with Gasteiger partial charge in [-0.15, -0.1) is 12.4 Å². The maximum atomic E-state index is 8.88. The molecule has 0 rings (SSSR count). The largest absolute Gasteiger partial charge is 2.00 e. The Balaban J connectivity index is -0.00000000178. The van der Waals surface area contributed by atoms with Crippen LogP contribution in [0, 0.1) is 0 Å². The second kappa shape index (κ2) is 15.2. The first-order valence-corrected chi connectivity index (χ1v) is 2.35. The van der Waals surface area contributed by atoms with Crippen molar-refractivity contribution in [3.05, 3.63) is 0 Å². The molecule has 9 heavy (non-hydrogen) atoms. The summed E-state index contributed by atoms with van der Waals surface area (Å²) in [6.07, 6.45) is 0. The summed E-state index contributed by atoms with van der Waals surface area (Å²) in [5, 5.41) is 0. The first kappa shape index (κ1) is 29.2. The molecule has 0 atom stereocenters. The maximum Gasteiger partial charge on any atom is 2.00 e. The summed E-state index contributed by atoms with van der Waals surface area (Å²) < 4.78 is 8.88. The predicted octanol–water partition coefficient (Wildman–Crippen LogP) is -0.974. The van der Waals surface area contributed by atoms with Crippen LogP contribution < -0.4 is 0 Å². The number of phosphoric acid groups is 1. The van der Waals surface area contributed by atoms with Crippen LogP contribution in [-0.4, -0.2) is 147 Å². The fourth-order valence-electron chi connectivity index (χ4n) is 0. The van der Waals surface area contributed by atoms with Gasteiger partial charge in [-0.3, -0.25) is 0 Å². The summed E-state index contributed by atoms with van der Waals surface area (Å²) >= 11 is 0. The molecular weight excluding hydrogens is 395 g/mol. The molecule has 0 aliphatic heterocycles. The van der Waals surface area contributed by atoms with E-state index in [-0.39, 0.29) is 153 Å². The molecule has 0 fully saturated rings. The average molecular weight is 406 g/mol. The quantitative estimate of drug-likeness (QED) is 0.358. The van der Waals surface area contributed by atoms with E-state index in [0.717, 1.165) is 0 Å². The topological polar surface area (TPSA) is 77.8 Å². The van der Waals surface area contributed by atoms with E-state index < -0.39 is 7.82 Å². The molecule has 0 aromatic carbocycles. The fraction of sp³-hybridized carbons (Fsp3) is 0. The van der Waals surface area contributed by atoms with Crippen LogP contribution in [-0.2, 0) is 4.57 Å². The van der Waals surface area contributed by atoms with Crippen molar-refractivity contribution in [3.8, 4) is 0 Å². The summed E-state index contributed by atoms with van der Waals surface area (Å²) in [6.45, 7) is 0. The van der Waals surface area contributed by atoms with Crippen molar-refractivity contribution in [1.82, 2.24) is 0 Å². The van der Waals surface area contributed by atoms with Gasteiger partial charge in [0.2, 0.25) is 0 Å². The summed E-state index contributed by atoms with van der Waals surface area (Å²) in [5.74, 6) is 0. The zero-order valence-electron chi connectivity index (χ0n) is 10.7. The monoisotopic (exact) mass is 406 g/mol. The third-order valence-corrected chi connectivity index (χ3v) is 0. The Labute approximate surface area is 175 Å². The summed E-state index contributed by atoms with van der Waals surface area (Å²) in [7, 11) is -4.64. The first-order chi connectivity index (χ1) is 2.00. The molecule has 0 spiro atoms. The van der Waals surface area contributed by atoms with Crippen molar-refractivity contribution in [2.75, 3.05) is 0 Å². The van der Waals surface area contributed by atoms with E-state index in [1.165, 1.54) is 0 Å². The minimum Gasteiger partial charge on any atom is -1.00 e. The van der Waals surface area contributed by atoms with Crippen LogP contribution in [0.2, 0.25) is 0 Å². The average Bonchev–Trinajstić information content (AvgIpc) is 0.722. The van der Waals surface area contributed by atoms with Gasteiger partial charge in [0, 0.05) is 0 Å². The van der Waals surface area contributed by atoms with Crippen LogP contribution in [0.3, 0.4) is 0 Å². The number of hydrogen-bond donors (Lipinski definition) is 3. The molecule has 3 N–H and O–H groups in total. The van der Waals surface area contributed by atoms with E-state index in [9.17, 15) is 0 Å². The maximum absolute atomic E-state index is 8.88. The van der Waals surface area contributed by atoms with Gasteiger partial charge in [-0.25, -0.2) is 4.57 Å². The molecule has 0 aliphatic carbocycles. The van der Waals surface area contributed by atoms with E-state index in [4.69, 9.17) is 19.2 Å². The smallest absolute Gasteiger partial charge is 1.00 e.